The van der Waals surface area contributed by atoms with Gasteiger partial charge in [-0.05, 0) is 85.4 Å². The van der Waals surface area contributed by atoms with E-state index in [-0.39, 0.29) is 58.1 Å². The molecule has 11 heteroatoms. The SMILES string of the molecule is O=C(COc1ccc([C@H]2c3sc(=O)[nH]c3SC3C4CC(C5C(=O)N(c6ccc(F)cc6)C(=O)C45)C32)cc1)N1CCCCC1. The van der Waals surface area contributed by atoms with E-state index in [4.69, 9.17) is 4.74 Å². The zero-order valence-corrected chi connectivity index (χ0v) is 24.9. The molecule has 0 radical (unpaired) electrons. The molecular formula is C32H30FN3O5S2. The molecule has 43 heavy (non-hydrogen) atoms. The van der Waals surface area contributed by atoms with E-state index in [0.717, 1.165) is 54.2 Å². The van der Waals surface area contributed by atoms with Crippen LogP contribution in [-0.2, 0) is 14.4 Å². The van der Waals surface area contributed by atoms with Crippen LogP contribution in [0.5, 0.6) is 5.75 Å². The van der Waals surface area contributed by atoms with E-state index in [2.05, 4.69) is 4.98 Å². The van der Waals surface area contributed by atoms with E-state index in [0.29, 0.717) is 11.4 Å². The van der Waals surface area contributed by atoms with Crippen molar-refractivity contribution < 1.29 is 23.5 Å². The minimum absolute atomic E-state index is 0.000317. The molecule has 8 nitrogen and oxygen atoms in total. The van der Waals surface area contributed by atoms with Gasteiger partial charge in [-0.25, -0.2) is 4.39 Å². The van der Waals surface area contributed by atoms with Crippen LogP contribution < -0.4 is 14.5 Å². The maximum absolute atomic E-state index is 13.8. The number of aromatic amines is 1. The third-order valence-corrected chi connectivity index (χ3v) is 12.7. The Kier molecular flexibility index (Phi) is 6.52. The molecule has 5 aliphatic rings. The van der Waals surface area contributed by atoms with Crippen LogP contribution in [-0.4, -0.2) is 52.6 Å². The zero-order chi connectivity index (χ0) is 29.4. The molecule has 1 aromatic heterocycles. The van der Waals surface area contributed by atoms with Crippen LogP contribution in [0, 0.1) is 35.4 Å². The summed E-state index contributed by atoms with van der Waals surface area (Å²) in [4.78, 5) is 59.7. The third kappa shape index (κ3) is 4.29. The summed E-state index contributed by atoms with van der Waals surface area (Å²) in [7, 11) is 0. The predicted octanol–water partition coefficient (Wildman–Crippen LogP) is 4.64. The number of nitrogens with zero attached hydrogens (tertiary/aromatic N) is 2. The molecule has 1 N–H and O–H groups in total. The largest absolute Gasteiger partial charge is 0.484 e. The van der Waals surface area contributed by atoms with Crippen molar-refractivity contribution in [2.45, 2.75) is 41.9 Å². The molecule has 2 aliphatic carbocycles. The number of nitrogens with one attached hydrogen (secondary N) is 1. The number of fused-ring (bicyclic) bond motifs is 9. The molecule has 0 spiro atoms. The number of amides is 3. The van der Waals surface area contributed by atoms with Gasteiger partial charge in [0.2, 0.25) is 11.8 Å². The Morgan fingerprint density at radius 1 is 0.930 bits per heavy atom. The van der Waals surface area contributed by atoms with E-state index in [1.54, 1.807) is 11.8 Å². The number of halogens is 1. The number of carbonyl (C=O) groups is 3. The number of hydrogen-bond acceptors (Lipinski definition) is 7. The fourth-order valence-electron chi connectivity index (χ4n) is 8.39. The highest BCUT2D eigenvalue weighted by molar-refractivity contribution is 8.00. The first-order valence-electron chi connectivity index (χ1n) is 14.9. The van der Waals surface area contributed by atoms with Crippen LogP contribution in [0.2, 0.25) is 0 Å². The van der Waals surface area contributed by atoms with Crippen molar-refractivity contribution in [3.8, 4) is 5.75 Å². The van der Waals surface area contributed by atoms with Gasteiger partial charge in [-0.1, -0.05) is 23.5 Å². The van der Waals surface area contributed by atoms with Crippen molar-refractivity contribution >= 4 is 46.5 Å². The highest BCUT2D eigenvalue weighted by Gasteiger charge is 2.69. The summed E-state index contributed by atoms with van der Waals surface area (Å²) < 4.78 is 19.5. The predicted molar refractivity (Wildman–Crippen MR) is 160 cm³/mol. The maximum Gasteiger partial charge on any atom is 0.305 e. The zero-order valence-electron chi connectivity index (χ0n) is 23.2. The number of H-pyrrole nitrogens is 1. The average Bonchev–Trinajstić information content (AvgIpc) is 3.76. The van der Waals surface area contributed by atoms with Crippen molar-refractivity contribution in [3.63, 3.8) is 0 Å². The molecular weight excluding hydrogens is 590 g/mol. The molecule has 2 saturated carbocycles. The van der Waals surface area contributed by atoms with Crippen LogP contribution in [0.25, 0.3) is 0 Å². The van der Waals surface area contributed by atoms with E-state index in [9.17, 15) is 23.6 Å². The van der Waals surface area contributed by atoms with Crippen LogP contribution in [0.4, 0.5) is 10.1 Å². The lowest BCUT2D eigenvalue weighted by Gasteiger charge is -2.43. The van der Waals surface area contributed by atoms with Gasteiger partial charge in [0.15, 0.2) is 6.61 Å². The number of imide groups is 1. The lowest BCUT2D eigenvalue weighted by Crippen LogP contribution is -2.42. The lowest BCUT2D eigenvalue weighted by atomic mass is 9.68. The molecule has 6 unspecified atom stereocenters. The van der Waals surface area contributed by atoms with Gasteiger partial charge in [-0.15, -0.1) is 11.8 Å². The fourth-order valence-corrected chi connectivity index (χ4v) is 11.3. The second kappa shape index (κ2) is 10.3. The van der Waals surface area contributed by atoms with Gasteiger partial charge < -0.3 is 14.6 Å². The molecule has 3 aromatic rings. The summed E-state index contributed by atoms with van der Waals surface area (Å²) in [5, 5.41) is 0.932. The number of thiazole rings is 1. The summed E-state index contributed by atoms with van der Waals surface area (Å²) in [6.07, 6.45) is 4.01. The molecule has 4 heterocycles. The molecule has 2 bridgehead atoms. The van der Waals surface area contributed by atoms with Crippen LogP contribution in [0.3, 0.4) is 0 Å². The van der Waals surface area contributed by atoms with E-state index >= 15 is 0 Å². The van der Waals surface area contributed by atoms with Crippen LogP contribution in [0.1, 0.15) is 42.0 Å². The molecule has 7 atom stereocenters. The number of aromatic nitrogens is 1. The molecule has 2 saturated heterocycles. The van der Waals surface area contributed by atoms with Gasteiger partial charge >= 0.3 is 4.87 Å². The number of carbonyl (C=O) groups excluding carboxylic acids is 3. The number of hydrogen-bond donors (Lipinski definition) is 1. The highest BCUT2D eigenvalue weighted by atomic mass is 32.2. The van der Waals surface area contributed by atoms with E-state index in [1.165, 1.54) is 40.5 Å². The summed E-state index contributed by atoms with van der Waals surface area (Å²) in [5.74, 6) is -1.07. The van der Waals surface area contributed by atoms with Crippen molar-refractivity contribution in [3.05, 3.63) is 74.5 Å². The summed E-state index contributed by atoms with van der Waals surface area (Å²) >= 11 is 2.86. The third-order valence-electron chi connectivity index (χ3n) is 10.1. The van der Waals surface area contributed by atoms with Crippen molar-refractivity contribution in [1.29, 1.82) is 0 Å². The number of benzene rings is 2. The molecule has 2 aromatic carbocycles. The Balaban J connectivity index is 1.08. The minimum Gasteiger partial charge on any atom is -0.484 e. The maximum atomic E-state index is 13.8. The smallest absolute Gasteiger partial charge is 0.305 e. The summed E-state index contributed by atoms with van der Waals surface area (Å²) in [6, 6.07) is 13.3. The number of piperidine rings is 1. The van der Waals surface area contributed by atoms with Crippen LogP contribution >= 0.6 is 23.1 Å². The van der Waals surface area contributed by atoms with Crippen molar-refractivity contribution in [1.82, 2.24) is 9.88 Å². The van der Waals surface area contributed by atoms with Gasteiger partial charge in [0.05, 0.1) is 22.5 Å². The second-order valence-electron chi connectivity index (χ2n) is 12.2. The van der Waals surface area contributed by atoms with E-state index < -0.39 is 17.7 Å². The van der Waals surface area contributed by atoms with E-state index in [1.807, 2.05) is 29.2 Å². The Morgan fingerprint density at radius 3 is 2.35 bits per heavy atom. The Labute approximate surface area is 255 Å². The minimum atomic E-state index is -0.424. The van der Waals surface area contributed by atoms with Gasteiger partial charge in [-0.2, -0.15) is 0 Å². The number of thioether (sulfide) groups is 1. The van der Waals surface area contributed by atoms with Crippen molar-refractivity contribution in [2.75, 3.05) is 24.6 Å². The first kappa shape index (κ1) is 27.1. The van der Waals surface area contributed by atoms with Gasteiger partial charge in [0, 0.05) is 29.1 Å². The molecule has 4 fully saturated rings. The molecule has 222 valence electrons. The number of anilines is 1. The Morgan fingerprint density at radius 2 is 1.63 bits per heavy atom. The summed E-state index contributed by atoms with van der Waals surface area (Å²) in [5.41, 5.74) is 1.44. The topological polar surface area (TPSA) is 99.8 Å². The Hall–Kier alpha value is -3.44. The van der Waals surface area contributed by atoms with Crippen LogP contribution in [0.15, 0.2) is 58.4 Å². The van der Waals surface area contributed by atoms with Gasteiger partial charge in [-0.3, -0.25) is 24.1 Å². The molecule has 8 rings (SSSR count). The average molecular weight is 620 g/mol. The second-order valence-corrected chi connectivity index (χ2v) is 14.5. The molecule has 3 amide bonds. The first-order chi connectivity index (χ1) is 20.9. The number of ether oxygens (including phenoxy) is 1. The number of likely N-dealkylation sites (tertiary alicyclic amines) is 1. The fraction of sp³-hybridized carbons (Fsp3) is 0.438. The highest BCUT2D eigenvalue weighted by Crippen LogP contribution is 2.68. The van der Waals surface area contributed by atoms with Gasteiger partial charge in [0.1, 0.15) is 11.6 Å². The Bertz CT molecular complexity index is 1670. The number of rotatable bonds is 5. The van der Waals surface area contributed by atoms with Crippen molar-refractivity contribution in [2.24, 2.45) is 29.6 Å². The summed E-state index contributed by atoms with van der Waals surface area (Å²) in [6.45, 7) is 1.57. The standard InChI is InChI=1S/C32H30FN3O5S2/c33-17-6-8-18(9-7-17)36-30(38)25-20-14-21(26(25)31(36)39)27-24(20)23(28-29(42-27)34-32(40)43-28)16-4-10-19(11-5-16)41-15-22(37)35-12-2-1-3-13-35/h4-11,20-21,23-27H,1-3,12-15H2,(H,34,40)/t20?,21?,23-,24?,25?,26?,27?/m1/s1. The lowest BCUT2D eigenvalue weighted by molar-refractivity contribution is -0.134. The monoisotopic (exact) mass is 619 g/mol. The first-order valence-corrected chi connectivity index (χ1v) is 16.6. The normalized spacial score (nSPS) is 30.8. The quantitative estimate of drug-likeness (QED) is 0.418. The molecule has 3 aliphatic heterocycles. The van der Waals surface area contributed by atoms with Gasteiger partial charge in [0.25, 0.3) is 5.91 Å².